The standard InChI is InChI=1S/C17H24BNO4/c1-16(2)17(3,4)23-18(22-16)12-7-6-8-13(21-11-9-10-11)14(12)15(20)19-5/h6-8,11H,9-10H2,1-5H3,(H,19,20). The number of nitrogens with one attached hydrogen (secondary N) is 1. The van der Waals surface area contributed by atoms with E-state index < -0.39 is 18.3 Å². The second kappa shape index (κ2) is 5.53. The molecule has 6 heteroatoms. The third-order valence-electron chi connectivity index (χ3n) is 4.84. The zero-order valence-corrected chi connectivity index (χ0v) is 14.4. The van der Waals surface area contributed by atoms with Gasteiger partial charge in [-0.3, -0.25) is 4.79 Å². The highest BCUT2D eigenvalue weighted by atomic mass is 16.7. The quantitative estimate of drug-likeness (QED) is 0.862. The summed E-state index contributed by atoms with van der Waals surface area (Å²) in [6, 6.07) is 5.58. The largest absolute Gasteiger partial charge is 0.495 e. The van der Waals surface area contributed by atoms with Crippen LogP contribution in [0.1, 0.15) is 50.9 Å². The molecule has 1 aromatic rings. The number of rotatable bonds is 4. The van der Waals surface area contributed by atoms with E-state index in [2.05, 4.69) is 5.32 Å². The minimum absolute atomic E-state index is 0.189. The first-order chi connectivity index (χ1) is 10.7. The molecule has 1 aliphatic carbocycles. The molecule has 5 nitrogen and oxygen atoms in total. The minimum atomic E-state index is -0.588. The number of carbonyl (C=O) groups excluding carboxylic acids is 1. The molecule has 1 heterocycles. The van der Waals surface area contributed by atoms with Crippen molar-refractivity contribution in [1.82, 2.24) is 5.32 Å². The number of amides is 1. The summed E-state index contributed by atoms with van der Waals surface area (Å²) in [6.07, 6.45) is 2.29. The molecule has 1 aromatic carbocycles. The van der Waals surface area contributed by atoms with Gasteiger partial charge in [-0.05, 0) is 52.1 Å². The highest BCUT2D eigenvalue weighted by molar-refractivity contribution is 6.63. The van der Waals surface area contributed by atoms with E-state index in [0.717, 1.165) is 12.8 Å². The molecule has 124 valence electrons. The normalized spacial score (nSPS) is 22.0. The van der Waals surface area contributed by atoms with Crippen LogP contribution < -0.4 is 15.5 Å². The van der Waals surface area contributed by atoms with Crippen LogP contribution in [0.5, 0.6) is 5.75 Å². The summed E-state index contributed by atoms with van der Waals surface area (Å²) in [6.45, 7) is 7.99. The second-order valence-electron chi connectivity index (χ2n) is 7.20. The van der Waals surface area contributed by atoms with Crippen LogP contribution in [0.4, 0.5) is 0 Å². The first kappa shape index (κ1) is 16.3. The fraction of sp³-hybridized carbons (Fsp3) is 0.588. The van der Waals surface area contributed by atoms with Crippen molar-refractivity contribution >= 4 is 18.5 Å². The molecule has 0 radical (unpaired) electrons. The van der Waals surface area contributed by atoms with Crippen molar-refractivity contribution < 1.29 is 18.8 Å². The molecule has 2 aliphatic rings. The molecule has 1 amide bonds. The third-order valence-corrected chi connectivity index (χ3v) is 4.84. The lowest BCUT2D eigenvalue weighted by Gasteiger charge is -2.32. The summed E-state index contributed by atoms with van der Waals surface area (Å²) < 4.78 is 18.1. The molecule has 1 aliphatic heterocycles. The van der Waals surface area contributed by atoms with Crippen LogP contribution in [-0.4, -0.2) is 37.4 Å². The summed E-state index contributed by atoms with van der Waals surface area (Å²) in [5.41, 5.74) is 0.303. The molecule has 1 saturated carbocycles. The van der Waals surface area contributed by atoms with Gasteiger partial charge in [0.05, 0.1) is 22.9 Å². The lowest BCUT2D eigenvalue weighted by molar-refractivity contribution is 0.00578. The van der Waals surface area contributed by atoms with Gasteiger partial charge in [0.25, 0.3) is 5.91 Å². The Morgan fingerprint density at radius 3 is 2.35 bits per heavy atom. The summed E-state index contributed by atoms with van der Waals surface area (Å²) in [5.74, 6) is 0.407. The average molecular weight is 317 g/mol. The van der Waals surface area contributed by atoms with Crippen LogP contribution in [0.3, 0.4) is 0 Å². The zero-order valence-electron chi connectivity index (χ0n) is 14.4. The smallest absolute Gasteiger partial charge is 0.490 e. The van der Waals surface area contributed by atoms with E-state index in [1.54, 1.807) is 7.05 Å². The van der Waals surface area contributed by atoms with Crippen molar-refractivity contribution in [3.8, 4) is 5.75 Å². The van der Waals surface area contributed by atoms with Crippen LogP contribution in [0, 0.1) is 0 Å². The molecular weight excluding hydrogens is 293 g/mol. The van der Waals surface area contributed by atoms with Gasteiger partial charge in [-0.2, -0.15) is 0 Å². The van der Waals surface area contributed by atoms with E-state index in [4.69, 9.17) is 14.0 Å². The van der Waals surface area contributed by atoms with E-state index in [0.29, 0.717) is 16.8 Å². The lowest BCUT2D eigenvalue weighted by Crippen LogP contribution is -2.41. The van der Waals surface area contributed by atoms with Gasteiger partial charge in [0.1, 0.15) is 5.75 Å². The van der Waals surface area contributed by atoms with Crippen molar-refractivity contribution in [2.45, 2.75) is 57.8 Å². The number of benzene rings is 1. The topological polar surface area (TPSA) is 56.8 Å². The zero-order chi connectivity index (χ0) is 16.8. The Balaban J connectivity index is 2.00. The van der Waals surface area contributed by atoms with Gasteiger partial charge in [-0.1, -0.05) is 12.1 Å². The Hall–Kier alpha value is -1.53. The molecule has 1 saturated heterocycles. The van der Waals surface area contributed by atoms with Gasteiger partial charge >= 0.3 is 7.12 Å². The van der Waals surface area contributed by atoms with E-state index in [1.807, 2.05) is 45.9 Å². The third kappa shape index (κ3) is 2.97. The minimum Gasteiger partial charge on any atom is -0.490 e. The van der Waals surface area contributed by atoms with E-state index in [1.165, 1.54) is 0 Å². The summed E-state index contributed by atoms with van der Waals surface area (Å²) in [5, 5.41) is 2.69. The molecular formula is C17H24BNO4. The van der Waals surface area contributed by atoms with E-state index in [-0.39, 0.29) is 12.0 Å². The highest BCUT2D eigenvalue weighted by Crippen LogP contribution is 2.37. The fourth-order valence-electron chi connectivity index (χ4n) is 2.55. The van der Waals surface area contributed by atoms with Crippen molar-refractivity contribution in [2.24, 2.45) is 0 Å². The summed E-state index contributed by atoms with van der Waals surface area (Å²) in [7, 11) is 1.03. The van der Waals surface area contributed by atoms with Crippen molar-refractivity contribution in [2.75, 3.05) is 7.05 Å². The fourth-order valence-corrected chi connectivity index (χ4v) is 2.55. The maximum atomic E-state index is 12.4. The van der Waals surface area contributed by atoms with Gasteiger partial charge < -0.3 is 19.4 Å². The molecule has 0 bridgehead atoms. The van der Waals surface area contributed by atoms with Gasteiger partial charge in [0.2, 0.25) is 0 Å². The summed E-state index contributed by atoms with van der Waals surface area (Å²) >= 11 is 0. The Morgan fingerprint density at radius 2 is 1.83 bits per heavy atom. The number of hydrogen-bond acceptors (Lipinski definition) is 4. The van der Waals surface area contributed by atoms with Crippen LogP contribution in [0.25, 0.3) is 0 Å². The number of hydrogen-bond donors (Lipinski definition) is 1. The van der Waals surface area contributed by atoms with Gasteiger partial charge in [-0.15, -0.1) is 0 Å². The molecule has 23 heavy (non-hydrogen) atoms. The summed E-state index contributed by atoms with van der Waals surface area (Å²) in [4.78, 5) is 12.4. The van der Waals surface area contributed by atoms with Crippen molar-refractivity contribution in [3.63, 3.8) is 0 Å². The predicted octanol–water partition coefficient (Wildman–Crippen LogP) is 1.89. The van der Waals surface area contributed by atoms with Crippen LogP contribution >= 0.6 is 0 Å². The Bertz CT molecular complexity index is 609. The Morgan fingerprint density at radius 1 is 1.22 bits per heavy atom. The SMILES string of the molecule is CNC(=O)c1c(OC2CC2)cccc1B1OC(C)(C)C(C)(C)O1. The lowest BCUT2D eigenvalue weighted by atomic mass is 9.75. The first-order valence-electron chi connectivity index (χ1n) is 8.12. The predicted molar refractivity (Wildman–Crippen MR) is 89.2 cm³/mol. The maximum absolute atomic E-state index is 12.4. The number of carbonyl (C=O) groups is 1. The number of ether oxygens (including phenoxy) is 1. The Labute approximate surface area is 137 Å². The monoisotopic (exact) mass is 317 g/mol. The maximum Gasteiger partial charge on any atom is 0.495 e. The van der Waals surface area contributed by atoms with E-state index in [9.17, 15) is 4.79 Å². The molecule has 0 atom stereocenters. The second-order valence-corrected chi connectivity index (χ2v) is 7.20. The van der Waals surface area contributed by atoms with Gasteiger partial charge in [0, 0.05) is 7.05 Å². The van der Waals surface area contributed by atoms with Crippen molar-refractivity contribution in [3.05, 3.63) is 23.8 Å². The highest BCUT2D eigenvalue weighted by Gasteiger charge is 2.52. The molecule has 0 spiro atoms. The van der Waals surface area contributed by atoms with Crippen molar-refractivity contribution in [1.29, 1.82) is 0 Å². The molecule has 0 aromatic heterocycles. The Kier molecular flexibility index (Phi) is 3.93. The van der Waals surface area contributed by atoms with E-state index >= 15 is 0 Å². The van der Waals surface area contributed by atoms with Gasteiger partial charge in [0.15, 0.2) is 0 Å². The van der Waals surface area contributed by atoms with Crippen LogP contribution in [0.15, 0.2) is 18.2 Å². The van der Waals surface area contributed by atoms with Crippen LogP contribution in [0.2, 0.25) is 0 Å². The van der Waals surface area contributed by atoms with Crippen LogP contribution in [-0.2, 0) is 9.31 Å². The molecule has 0 unspecified atom stereocenters. The molecule has 3 rings (SSSR count). The average Bonchev–Trinajstić information content (AvgIpc) is 3.25. The first-order valence-corrected chi connectivity index (χ1v) is 8.12. The molecule has 2 fully saturated rings. The molecule has 1 N–H and O–H groups in total. The van der Waals surface area contributed by atoms with Gasteiger partial charge in [-0.25, -0.2) is 0 Å².